The van der Waals surface area contributed by atoms with E-state index in [1.165, 1.54) is 53.0 Å². The molecule has 7 rings (SSSR count). The molecule has 3 heterocycles. The molecule has 5 aromatic rings. The molecule has 0 aliphatic carbocycles. The van der Waals surface area contributed by atoms with Crippen LogP contribution in [0.25, 0.3) is 31.8 Å². The van der Waals surface area contributed by atoms with Crippen molar-refractivity contribution in [3.63, 3.8) is 0 Å². The lowest BCUT2D eigenvalue weighted by Crippen LogP contribution is -2.54. The maximum absolute atomic E-state index is 15.4. The summed E-state index contributed by atoms with van der Waals surface area (Å²) in [4.78, 5) is 197. The Morgan fingerprint density at radius 2 is 1.16 bits per heavy atom. The van der Waals surface area contributed by atoms with Crippen LogP contribution in [0.2, 0.25) is 0 Å². The molecule has 2 fully saturated rings. The second-order valence-electron chi connectivity index (χ2n) is 31.6. The molecule has 32 nitrogen and oxygen atoms in total. The topological polar surface area (TPSA) is 459 Å². The first-order valence-corrected chi connectivity index (χ1v) is 45.6. The number of benzene rings is 4. The number of primary amides is 1. The zero-order valence-corrected chi connectivity index (χ0v) is 73.2. The normalized spacial score (nSPS) is 15.4. The molecule has 0 radical (unpaired) electrons. The van der Waals surface area contributed by atoms with Crippen LogP contribution >= 0.6 is 54.9 Å². The Labute approximate surface area is 719 Å². The van der Waals surface area contributed by atoms with Crippen LogP contribution in [0.3, 0.4) is 0 Å². The molecule has 0 unspecified atom stereocenters. The van der Waals surface area contributed by atoms with Crippen molar-refractivity contribution in [3.8, 4) is 0 Å². The lowest BCUT2D eigenvalue weighted by molar-refractivity contribution is -0.156. The number of esters is 1. The average molecular weight is 1750 g/mol. The monoisotopic (exact) mass is 1750 g/mol. The molecular formula is C83H110N16O16S5. The Morgan fingerprint density at radius 1 is 0.592 bits per heavy atom. The molecule has 648 valence electrons. The van der Waals surface area contributed by atoms with Gasteiger partial charge in [0.1, 0.15) is 50.0 Å². The minimum Gasteiger partial charge on any atom is -0.456 e. The third kappa shape index (κ3) is 34.4. The summed E-state index contributed by atoms with van der Waals surface area (Å²) in [6.07, 6.45) is 0.974. The van der Waals surface area contributed by atoms with Crippen molar-refractivity contribution in [1.82, 2.24) is 46.3 Å². The number of alkyl carbamates (subject to hydrolysis) is 2. The summed E-state index contributed by atoms with van der Waals surface area (Å²) < 4.78 is 16.0. The summed E-state index contributed by atoms with van der Waals surface area (Å²) in [5, 5.41) is 21.3. The maximum atomic E-state index is 15.4. The Hall–Kier alpha value is -9.74. The fourth-order valence-electron chi connectivity index (χ4n) is 13.2. The number of aromatic amines is 1. The number of thioether (sulfide) groups is 1. The highest BCUT2D eigenvalue weighted by Crippen LogP contribution is 2.38. The maximum Gasteiger partial charge on any atom is 0.408 e. The minimum absolute atomic E-state index is 0.000451. The number of likely N-dealkylation sites (tertiary alicyclic amines) is 2. The van der Waals surface area contributed by atoms with Gasteiger partial charge in [-0.3, -0.25) is 47.9 Å². The van der Waals surface area contributed by atoms with Crippen LogP contribution in [0.1, 0.15) is 160 Å². The number of amides is 8. The molecule has 0 spiro atoms. The van der Waals surface area contributed by atoms with Crippen LogP contribution in [0.15, 0.2) is 120 Å². The SMILES string of the molecule is CN(C)CCCC[C@H](NC(=O)CCC(=O)[C@H](CSSC(C)(C)C)NC(=O)OCc1ccc(N=[N+]=[N-])cc1)C(=O)C[C@@H](Cc1c[nH]c2ccccc12)C(=O)N[C@@H](CSSC(C)(C)C)C(=O)N1CCC[C@H]1C(=O)OCC(=O)C[C@@H](CCCCNC(=O)OCc1ccc(N=[N+]=[N-])cc1)C(=O)N[C@@H](CC(=O)SCc1ccccc1)C(=O)N1CCC[C@H]1C(N)=O. The van der Waals surface area contributed by atoms with Crippen molar-refractivity contribution >= 4 is 153 Å². The van der Waals surface area contributed by atoms with E-state index in [0.29, 0.717) is 60.3 Å². The van der Waals surface area contributed by atoms with Gasteiger partial charge in [0.15, 0.2) is 22.5 Å². The van der Waals surface area contributed by atoms with Gasteiger partial charge in [0.2, 0.25) is 35.4 Å². The predicted molar refractivity (Wildman–Crippen MR) is 467 cm³/mol. The molecule has 2 aliphatic heterocycles. The molecule has 8 amide bonds. The highest BCUT2D eigenvalue weighted by Gasteiger charge is 2.42. The van der Waals surface area contributed by atoms with Gasteiger partial charge in [0, 0.05) is 129 Å². The van der Waals surface area contributed by atoms with E-state index in [4.69, 9.17) is 31.0 Å². The Kier molecular flexibility index (Phi) is 40.5. The zero-order valence-electron chi connectivity index (χ0n) is 69.1. The fourth-order valence-corrected chi connectivity index (χ4v) is 19.0. The molecule has 4 aromatic carbocycles. The number of para-hydroxylation sites is 1. The number of Topliss-reactive ketones (excluding diaryl/α,β-unsaturated/α-hetero) is 3. The number of nitrogens with one attached hydrogen (secondary N) is 6. The number of unbranched alkanes of at least 4 members (excludes halogenated alkanes) is 2. The second kappa shape index (κ2) is 49.9. The van der Waals surface area contributed by atoms with Crippen molar-refractivity contribution in [1.29, 1.82) is 0 Å². The Balaban J connectivity index is 1.07. The number of hydrogen-bond acceptors (Lipinski definition) is 24. The first-order chi connectivity index (χ1) is 57.3. The van der Waals surface area contributed by atoms with E-state index in [1.807, 2.05) is 115 Å². The van der Waals surface area contributed by atoms with Gasteiger partial charge < -0.3 is 66.2 Å². The number of fused-ring (bicyclic) bond motifs is 1. The third-order valence-electron chi connectivity index (χ3n) is 19.3. The van der Waals surface area contributed by atoms with Gasteiger partial charge in [0.05, 0.1) is 6.04 Å². The van der Waals surface area contributed by atoms with E-state index < -0.39 is 150 Å². The van der Waals surface area contributed by atoms with E-state index in [1.54, 1.807) is 54.7 Å². The van der Waals surface area contributed by atoms with Gasteiger partial charge in [-0.1, -0.05) is 210 Å². The smallest absolute Gasteiger partial charge is 0.408 e. The van der Waals surface area contributed by atoms with Crippen molar-refractivity contribution in [2.45, 2.75) is 209 Å². The number of ketones is 3. The van der Waals surface area contributed by atoms with Crippen molar-refractivity contribution < 1.29 is 76.5 Å². The highest BCUT2D eigenvalue weighted by molar-refractivity contribution is 8.77. The summed E-state index contributed by atoms with van der Waals surface area (Å²) in [7, 11) is 9.46. The van der Waals surface area contributed by atoms with Gasteiger partial charge in [-0.2, -0.15) is 0 Å². The van der Waals surface area contributed by atoms with Crippen LogP contribution in [0.5, 0.6) is 0 Å². The molecule has 37 heteroatoms. The van der Waals surface area contributed by atoms with E-state index in [0.717, 1.165) is 28.2 Å². The fraction of sp³-hybridized carbons (Fsp3) is 0.530. The average Bonchev–Trinajstić information content (AvgIpc) is 1.66. The number of rotatable bonds is 49. The van der Waals surface area contributed by atoms with Crippen LogP contribution in [-0.2, 0) is 92.3 Å². The number of carbonyl (C=O) groups is 13. The van der Waals surface area contributed by atoms with Gasteiger partial charge in [-0.05, 0) is 124 Å². The van der Waals surface area contributed by atoms with E-state index in [-0.39, 0.29) is 117 Å². The number of carbonyl (C=O) groups excluding carboxylic acids is 13. The van der Waals surface area contributed by atoms with Crippen LogP contribution < -0.4 is 32.3 Å². The first-order valence-electron chi connectivity index (χ1n) is 39.9. The molecule has 0 saturated carbocycles. The summed E-state index contributed by atoms with van der Waals surface area (Å²) in [6, 6.07) is 22.1. The first kappa shape index (κ1) is 97.4. The van der Waals surface area contributed by atoms with Crippen LogP contribution in [0.4, 0.5) is 21.0 Å². The quantitative estimate of drug-likeness (QED) is 0.00362. The third-order valence-corrected chi connectivity index (χ3v) is 27.0. The van der Waals surface area contributed by atoms with E-state index in [9.17, 15) is 47.9 Å². The summed E-state index contributed by atoms with van der Waals surface area (Å²) in [6.45, 7) is 11.8. The largest absolute Gasteiger partial charge is 0.456 e. The number of nitrogens with two attached hydrogens (primary N) is 1. The molecular weight excluding hydrogens is 1640 g/mol. The molecule has 120 heavy (non-hydrogen) atoms. The number of aromatic nitrogens is 1. The number of azide groups is 2. The number of H-pyrrole nitrogens is 1. The van der Waals surface area contributed by atoms with Crippen molar-refractivity contribution in [2.24, 2.45) is 27.8 Å². The van der Waals surface area contributed by atoms with Gasteiger partial charge in [-0.25, -0.2) is 14.4 Å². The van der Waals surface area contributed by atoms with Gasteiger partial charge in [-0.15, -0.1) is 0 Å². The number of ether oxygens (including phenoxy) is 3. The Morgan fingerprint density at radius 3 is 1.77 bits per heavy atom. The highest BCUT2D eigenvalue weighted by atomic mass is 33.1. The minimum atomic E-state index is -1.49. The van der Waals surface area contributed by atoms with E-state index >= 15 is 14.4 Å². The summed E-state index contributed by atoms with van der Waals surface area (Å²) in [5.41, 5.74) is 27.5. The standard InChI is InChI=1S/C83H110N16O16S5/c1-82(2,3)119-117-51-66(92-81(112)115-48-54-30-34-60(35-31-54)94-96-86)70(101)36-37-72(103)89-64(25-15-17-39-97(7)8)71(102)44-57(42-58-46-88-63-24-13-12-23-62(58)63)76(107)91-67(52-118-120-83(4,5)6)78(109)99-41-19-27-69(99)79(110)113-49-61(100)43-56(22-14-16-38-87-80(111)114-47-53-28-32-59(33-29-53)93-95-85)75(106)90-65(77(108)98-40-18-26-68(98)74(84)105)45-73(104)116-50-55-20-10-9-11-21-55/h9-13,20-21,23-24,28-35,46,56-57,64-69,88H,14-19,22,25-27,36-45,47-52H2,1-8H3,(H2,84,105)(H,87,111)(H,89,103)(H,90,106)(H,91,107)(H,92,112)/t56-,57-,64+,65+,66+,67+,68+,69+/m1/s1. The lowest BCUT2D eigenvalue weighted by atomic mass is 9.89. The summed E-state index contributed by atoms with van der Waals surface area (Å²) >= 11 is 0.935. The molecule has 2 aliphatic rings. The molecule has 8 N–H and O–H groups in total. The molecule has 2 saturated heterocycles. The zero-order chi connectivity index (χ0) is 87.3. The van der Waals surface area contributed by atoms with E-state index in [2.05, 4.69) is 51.6 Å². The molecule has 0 bridgehead atoms. The Bertz CT molecular complexity index is 4420. The van der Waals surface area contributed by atoms with Crippen LogP contribution in [-0.4, -0.2) is 200 Å². The lowest BCUT2D eigenvalue weighted by Gasteiger charge is -2.30. The summed E-state index contributed by atoms with van der Waals surface area (Å²) in [5.74, 6) is -8.74. The van der Waals surface area contributed by atoms with Gasteiger partial charge >= 0.3 is 18.2 Å². The molecule has 1 aromatic heterocycles. The number of nitrogens with zero attached hydrogens (tertiary/aromatic N) is 9. The number of hydrogen-bond donors (Lipinski definition) is 7. The van der Waals surface area contributed by atoms with Crippen molar-refractivity contribution in [2.75, 3.05) is 58.4 Å². The van der Waals surface area contributed by atoms with Crippen LogP contribution in [0, 0.1) is 11.8 Å². The van der Waals surface area contributed by atoms with Crippen molar-refractivity contribution in [3.05, 3.63) is 152 Å². The van der Waals surface area contributed by atoms with Gasteiger partial charge in [0.25, 0.3) is 0 Å². The predicted octanol–water partition coefficient (Wildman–Crippen LogP) is 12.9. The second-order valence-corrected chi connectivity index (χ2v) is 38.9. The molecule has 8 atom stereocenters.